The first-order valence-electron chi connectivity index (χ1n) is 6.27. The number of carboxylic acid groups (broad SMARTS) is 1. The predicted molar refractivity (Wildman–Crippen MR) is 78.9 cm³/mol. The molecule has 0 aliphatic heterocycles. The Bertz CT molecular complexity index is 520. The van der Waals surface area contributed by atoms with Gasteiger partial charge in [-0.1, -0.05) is 30.1 Å². The molecule has 112 valence electrons. The van der Waals surface area contributed by atoms with Crippen LogP contribution in [-0.4, -0.2) is 28.1 Å². The molecule has 0 saturated carbocycles. The highest BCUT2D eigenvalue weighted by Gasteiger charge is 2.37. The third-order valence-electron chi connectivity index (χ3n) is 3.54. The molecule has 0 amide bonds. The fraction of sp³-hybridized carbons (Fsp3) is 0.500. The summed E-state index contributed by atoms with van der Waals surface area (Å²) < 4.78 is 13.6. The summed E-state index contributed by atoms with van der Waals surface area (Å²) >= 11 is 11.8. The van der Waals surface area contributed by atoms with Crippen LogP contribution in [0, 0.1) is 5.82 Å². The minimum Gasteiger partial charge on any atom is -0.480 e. The monoisotopic (exact) mass is 321 g/mol. The number of rotatable bonds is 5. The van der Waals surface area contributed by atoms with E-state index in [2.05, 4.69) is 0 Å². The topological polar surface area (TPSA) is 40.5 Å². The molecule has 1 atom stereocenters. The SMILES string of the molecule is CCN(C(C)c1cc(F)c(Cl)cc1Cl)C(C)(C)C(=O)O. The van der Waals surface area contributed by atoms with E-state index in [0.717, 1.165) is 0 Å². The molecule has 3 nitrogen and oxygen atoms in total. The van der Waals surface area contributed by atoms with Crippen LogP contribution in [0.2, 0.25) is 10.0 Å². The van der Waals surface area contributed by atoms with Crippen molar-refractivity contribution in [3.8, 4) is 0 Å². The number of carboxylic acids is 1. The summed E-state index contributed by atoms with van der Waals surface area (Å²) in [6, 6.07) is 2.24. The van der Waals surface area contributed by atoms with Gasteiger partial charge in [0.1, 0.15) is 11.4 Å². The number of hydrogen-bond donors (Lipinski definition) is 1. The molecule has 1 N–H and O–H groups in total. The van der Waals surface area contributed by atoms with Crippen molar-refractivity contribution in [3.63, 3.8) is 0 Å². The van der Waals surface area contributed by atoms with Gasteiger partial charge in [-0.3, -0.25) is 9.69 Å². The second-order valence-corrected chi connectivity index (χ2v) is 5.93. The van der Waals surface area contributed by atoms with Crippen molar-refractivity contribution in [3.05, 3.63) is 33.6 Å². The first-order valence-corrected chi connectivity index (χ1v) is 7.03. The van der Waals surface area contributed by atoms with E-state index >= 15 is 0 Å². The number of nitrogens with zero attached hydrogens (tertiary/aromatic N) is 1. The number of aliphatic carboxylic acids is 1. The lowest BCUT2D eigenvalue weighted by Crippen LogP contribution is -2.51. The molecule has 1 aromatic carbocycles. The highest BCUT2D eigenvalue weighted by molar-refractivity contribution is 6.35. The Hall–Kier alpha value is -0.840. The zero-order valence-corrected chi connectivity index (χ0v) is 13.4. The van der Waals surface area contributed by atoms with Crippen LogP contribution < -0.4 is 0 Å². The van der Waals surface area contributed by atoms with Crippen LogP contribution >= 0.6 is 23.2 Å². The minimum absolute atomic E-state index is 0.0495. The Morgan fingerprint density at radius 3 is 2.40 bits per heavy atom. The van der Waals surface area contributed by atoms with Crippen molar-refractivity contribution in [2.75, 3.05) is 6.54 Å². The van der Waals surface area contributed by atoms with Gasteiger partial charge in [0.2, 0.25) is 0 Å². The molecular formula is C14H18Cl2FNO2. The lowest BCUT2D eigenvalue weighted by atomic mass is 9.97. The van der Waals surface area contributed by atoms with Crippen LogP contribution in [-0.2, 0) is 4.79 Å². The number of carbonyl (C=O) groups is 1. The lowest BCUT2D eigenvalue weighted by molar-refractivity contribution is -0.150. The zero-order valence-electron chi connectivity index (χ0n) is 11.9. The highest BCUT2D eigenvalue weighted by Crippen LogP contribution is 2.34. The Kier molecular flexibility index (Phi) is 5.41. The number of likely N-dealkylation sites (N-methyl/N-ethyl adjacent to an activating group) is 1. The Labute approximate surface area is 128 Å². The van der Waals surface area contributed by atoms with E-state index in [4.69, 9.17) is 23.2 Å². The Balaban J connectivity index is 3.25. The maximum Gasteiger partial charge on any atom is 0.323 e. The maximum absolute atomic E-state index is 13.6. The van der Waals surface area contributed by atoms with Crippen LogP contribution in [0.4, 0.5) is 4.39 Å². The van der Waals surface area contributed by atoms with Crippen molar-refractivity contribution < 1.29 is 14.3 Å². The summed E-state index contributed by atoms with van der Waals surface area (Å²) in [4.78, 5) is 13.1. The molecule has 0 bridgehead atoms. The van der Waals surface area contributed by atoms with Gasteiger partial charge in [0, 0.05) is 11.1 Å². The molecule has 0 heterocycles. The van der Waals surface area contributed by atoms with Crippen LogP contribution in [0.15, 0.2) is 12.1 Å². The van der Waals surface area contributed by atoms with E-state index in [1.165, 1.54) is 12.1 Å². The van der Waals surface area contributed by atoms with E-state index in [1.807, 2.05) is 6.92 Å². The second kappa shape index (κ2) is 6.29. The van der Waals surface area contributed by atoms with Crippen molar-refractivity contribution in [1.29, 1.82) is 0 Å². The molecule has 1 unspecified atom stereocenters. The quantitative estimate of drug-likeness (QED) is 0.818. The van der Waals surface area contributed by atoms with Gasteiger partial charge < -0.3 is 5.11 Å². The van der Waals surface area contributed by atoms with Gasteiger partial charge in [0.15, 0.2) is 0 Å². The molecule has 0 aliphatic carbocycles. The van der Waals surface area contributed by atoms with Crippen molar-refractivity contribution in [2.24, 2.45) is 0 Å². The van der Waals surface area contributed by atoms with E-state index in [1.54, 1.807) is 25.7 Å². The van der Waals surface area contributed by atoms with Crippen molar-refractivity contribution in [1.82, 2.24) is 4.90 Å². The van der Waals surface area contributed by atoms with Gasteiger partial charge in [0.05, 0.1) is 5.02 Å². The lowest BCUT2D eigenvalue weighted by Gasteiger charge is -2.39. The number of hydrogen-bond acceptors (Lipinski definition) is 2. The van der Waals surface area contributed by atoms with Crippen molar-refractivity contribution >= 4 is 29.2 Å². The summed E-state index contributed by atoms with van der Waals surface area (Å²) in [5.41, 5.74) is -0.571. The molecule has 1 aromatic rings. The molecule has 0 fully saturated rings. The third-order valence-corrected chi connectivity index (χ3v) is 4.16. The summed E-state index contributed by atoms with van der Waals surface area (Å²) in [5.74, 6) is -1.51. The van der Waals surface area contributed by atoms with E-state index < -0.39 is 17.3 Å². The van der Waals surface area contributed by atoms with Gasteiger partial charge in [-0.05, 0) is 45.0 Å². The fourth-order valence-electron chi connectivity index (χ4n) is 2.30. The van der Waals surface area contributed by atoms with Crippen LogP contribution in [0.3, 0.4) is 0 Å². The van der Waals surface area contributed by atoms with Gasteiger partial charge in [-0.2, -0.15) is 0 Å². The van der Waals surface area contributed by atoms with Gasteiger partial charge in [-0.25, -0.2) is 4.39 Å². The first-order chi connectivity index (χ1) is 9.12. The van der Waals surface area contributed by atoms with Crippen molar-refractivity contribution in [2.45, 2.75) is 39.3 Å². The summed E-state index contributed by atoms with van der Waals surface area (Å²) in [6.45, 7) is 7.34. The highest BCUT2D eigenvalue weighted by atomic mass is 35.5. The average Bonchev–Trinajstić information content (AvgIpc) is 2.33. The minimum atomic E-state index is -1.09. The van der Waals surface area contributed by atoms with Crippen LogP contribution in [0.5, 0.6) is 0 Å². The Morgan fingerprint density at radius 1 is 1.40 bits per heavy atom. The smallest absolute Gasteiger partial charge is 0.323 e. The second-order valence-electron chi connectivity index (χ2n) is 5.11. The van der Waals surface area contributed by atoms with Gasteiger partial charge in [-0.15, -0.1) is 0 Å². The number of halogens is 3. The molecule has 0 spiro atoms. The maximum atomic E-state index is 13.6. The Morgan fingerprint density at radius 2 is 1.95 bits per heavy atom. The largest absolute Gasteiger partial charge is 0.480 e. The molecule has 0 aliphatic rings. The van der Waals surface area contributed by atoms with E-state index in [-0.39, 0.29) is 11.1 Å². The molecule has 1 rings (SSSR count). The summed E-state index contributed by atoms with van der Waals surface area (Å²) in [5, 5.41) is 9.61. The van der Waals surface area contributed by atoms with Gasteiger partial charge in [0.25, 0.3) is 0 Å². The predicted octanol–water partition coefficient (Wildman–Crippen LogP) is 4.38. The average molecular weight is 322 g/mol. The molecule has 20 heavy (non-hydrogen) atoms. The molecular weight excluding hydrogens is 304 g/mol. The molecule has 0 aromatic heterocycles. The summed E-state index contributed by atoms with van der Waals surface area (Å²) in [6.07, 6.45) is 0. The molecule has 6 heteroatoms. The third kappa shape index (κ3) is 3.25. The number of benzene rings is 1. The van der Waals surface area contributed by atoms with Crippen LogP contribution in [0.1, 0.15) is 39.3 Å². The fourth-order valence-corrected chi connectivity index (χ4v) is 2.84. The van der Waals surface area contributed by atoms with E-state index in [9.17, 15) is 14.3 Å². The van der Waals surface area contributed by atoms with Gasteiger partial charge >= 0.3 is 5.97 Å². The molecule has 0 saturated heterocycles. The molecule has 0 radical (unpaired) electrons. The summed E-state index contributed by atoms with van der Waals surface area (Å²) in [7, 11) is 0. The normalized spacial score (nSPS) is 13.6. The zero-order chi connectivity index (χ0) is 15.7. The van der Waals surface area contributed by atoms with E-state index in [0.29, 0.717) is 17.1 Å². The van der Waals surface area contributed by atoms with Crippen LogP contribution in [0.25, 0.3) is 0 Å². The standard InChI is InChI=1S/C14H18Cl2FNO2/c1-5-18(14(3,4)13(19)20)8(2)9-6-12(17)11(16)7-10(9)15/h6-8H,5H2,1-4H3,(H,19,20). The first kappa shape index (κ1) is 17.2.